The molecular weight excluding hydrogens is 504 g/mol. The van der Waals surface area contributed by atoms with Crippen LogP contribution in [0.15, 0.2) is 71.8 Å². The van der Waals surface area contributed by atoms with Gasteiger partial charge in [0.15, 0.2) is 18.1 Å². The maximum atomic E-state index is 12.3. The molecule has 3 aromatic rings. The van der Waals surface area contributed by atoms with Gasteiger partial charge in [0, 0.05) is 12.2 Å². The summed E-state index contributed by atoms with van der Waals surface area (Å²) < 4.78 is 21.4. The van der Waals surface area contributed by atoms with Gasteiger partial charge in [-0.3, -0.25) is 14.4 Å². The Balaban J connectivity index is 1.46. The van der Waals surface area contributed by atoms with E-state index in [4.69, 9.17) is 18.9 Å². The van der Waals surface area contributed by atoms with Gasteiger partial charge in [-0.15, -0.1) is 0 Å². The second-order valence-electron chi connectivity index (χ2n) is 7.93. The van der Waals surface area contributed by atoms with Gasteiger partial charge >= 0.3 is 11.8 Å². The lowest BCUT2D eigenvalue weighted by Gasteiger charge is -2.12. The zero-order valence-corrected chi connectivity index (χ0v) is 21.9. The third-order valence-electron chi connectivity index (χ3n) is 5.19. The largest absolute Gasteiger partial charge is 0.497 e. The molecule has 0 aliphatic rings. The van der Waals surface area contributed by atoms with Crippen molar-refractivity contribution in [3.05, 3.63) is 77.9 Å². The number of nitrogens with zero attached hydrogens (tertiary/aromatic N) is 1. The van der Waals surface area contributed by atoms with Crippen molar-refractivity contribution in [2.45, 2.75) is 13.5 Å². The van der Waals surface area contributed by atoms with Crippen LogP contribution in [0, 0.1) is 0 Å². The van der Waals surface area contributed by atoms with Gasteiger partial charge in [-0.25, -0.2) is 5.43 Å². The molecule has 3 aromatic carbocycles. The van der Waals surface area contributed by atoms with E-state index >= 15 is 0 Å². The minimum atomic E-state index is -0.912. The van der Waals surface area contributed by atoms with Crippen LogP contribution in [-0.4, -0.2) is 51.4 Å². The van der Waals surface area contributed by atoms with E-state index in [0.29, 0.717) is 40.9 Å². The monoisotopic (exact) mass is 534 g/mol. The van der Waals surface area contributed by atoms with Gasteiger partial charge in [0.2, 0.25) is 0 Å². The van der Waals surface area contributed by atoms with E-state index in [0.717, 1.165) is 5.56 Å². The van der Waals surface area contributed by atoms with Gasteiger partial charge < -0.3 is 29.6 Å². The molecule has 0 radical (unpaired) electrons. The number of carbonyl (C=O) groups excluding carboxylic acids is 3. The smallest absolute Gasteiger partial charge is 0.329 e. The molecule has 3 N–H and O–H groups in total. The van der Waals surface area contributed by atoms with Gasteiger partial charge in [-0.05, 0) is 72.6 Å². The van der Waals surface area contributed by atoms with Crippen LogP contribution in [0.3, 0.4) is 0 Å². The number of hydrogen-bond donors (Lipinski definition) is 3. The van der Waals surface area contributed by atoms with Crippen LogP contribution in [0.25, 0.3) is 0 Å². The Morgan fingerprint density at radius 2 is 1.54 bits per heavy atom. The number of amides is 3. The first-order valence-corrected chi connectivity index (χ1v) is 12.0. The number of benzene rings is 3. The Morgan fingerprint density at radius 3 is 2.21 bits per heavy atom. The van der Waals surface area contributed by atoms with Crippen LogP contribution in [0.1, 0.15) is 18.1 Å². The SMILES string of the molecule is CCOc1ccc(NC(=O)COc2ccc(/C=N\NC(=O)C(=O)NCc3ccc(OC)cc3)cc2OC)cc1. The Morgan fingerprint density at radius 1 is 0.821 bits per heavy atom. The summed E-state index contributed by atoms with van der Waals surface area (Å²) >= 11 is 0. The quantitative estimate of drug-likeness (QED) is 0.185. The van der Waals surface area contributed by atoms with Crippen LogP contribution in [0.4, 0.5) is 5.69 Å². The van der Waals surface area contributed by atoms with Crippen molar-refractivity contribution in [1.29, 1.82) is 0 Å². The molecule has 0 aliphatic heterocycles. The van der Waals surface area contributed by atoms with E-state index in [9.17, 15) is 14.4 Å². The maximum absolute atomic E-state index is 12.3. The van der Waals surface area contributed by atoms with Crippen LogP contribution in [-0.2, 0) is 20.9 Å². The van der Waals surface area contributed by atoms with Crippen molar-refractivity contribution in [1.82, 2.24) is 10.7 Å². The number of rotatable bonds is 12. The number of carbonyl (C=O) groups is 3. The molecule has 0 unspecified atom stereocenters. The summed E-state index contributed by atoms with van der Waals surface area (Å²) in [5, 5.41) is 9.07. The third kappa shape index (κ3) is 9.08. The fourth-order valence-corrected chi connectivity index (χ4v) is 3.25. The minimum Gasteiger partial charge on any atom is -0.497 e. The Bertz CT molecular complexity index is 1290. The van der Waals surface area contributed by atoms with Gasteiger partial charge in [-0.1, -0.05) is 12.1 Å². The van der Waals surface area contributed by atoms with Crippen molar-refractivity contribution in [2.75, 3.05) is 32.8 Å². The van der Waals surface area contributed by atoms with Gasteiger partial charge in [-0.2, -0.15) is 5.10 Å². The average molecular weight is 535 g/mol. The summed E-state index contributed by atoms with van der Waals surface area (Å²) in [4.78, 5) is 36.3. The molecule has 0 saturated carbocycles. The predicted molar refractivity (Wildman–Crippen MR) is 145 cm³/mol. The van der Waals surface area contributed by atoms with Crippen molar-refractivity contribution >= 4 is 29.6 Å². The molecule has 11 heteroatoms. The van der Waals surface area contributed by atoms with Gasteiger partial charge in [0.25, 0.3) is 5.91 Å². The average Bonchev–Trinajstić information content (AvgIpc) is 2.96. The maximum Gasteiger partial charge on any atom is 0.329 e. The first-order chi connectivity index (χ1) is 18.9. The van der Waals surface area contributed by atoms with Gasteiger partial charge in [0.05, 0.1) is 27.0 Å². The lowest BCUT2D eigenvalue weighted by molar-refractivity contribution is -0.139. The molecule has 0 spiro atoms. The summed E-state index contributed by atoms with van der Waals surface area (Å²) in [5.41, 5.74) is 4.17. The molecule has 0 heterocycles. The lowest BCUT2D eigenvalue weighted by Crippen LogP contribution is -2.37. The van der Waals surface area contributed by atoms with Crippen molar-refractivity contribution < 1.29 is 33.3 Å². The summed E-state index contributed by atoms with van der Waals surface area (Å²) in [6, 6.07) is 19.0. The highest BCUT2D eigenvalue weighted by molar-refractivity contribution is 6.35. The predicted octanol–water partition coefficient (Wildman–Crippen LogP) is 2.89. The number of hydrogen-bond acceptors (Lipinski definition) is 8. The number of hydrazone groups is 1. The highest BCUT2D eigenvalue weighted by atomic mass is 16.5. The second kappa shape index (κ2) is 14.6. The lowest BCUT2D eigenvalue weighted by atomic mass is 10.2. The fraction of sp³-hybridized carbons (Fsp3) is 0.214. The first-order valence-electron chi connectivity index (χ1n) is 12.0. The van der Waals surface area contributed by atoms with Gasteiger partial charge in [0.1, 0.15) is 11.5 Å². The number of ether oxygens (including phenoxy) is 4. The Hall–Kier alpha value is -5.06. The van der Waals surface area contributed by atoms with Crippen LogP contribution < -0.4 is 35.0 Å². The first kappa shape index (κ1) is 28.5. The summed E-state index contributed by atoms with van der Waals surface area (Å²) in [5.74, 6) is 0.0271. The molecule has 3 amide bonds. The van der Waals surface area contributed by atoms with E-state index in [1.54, 1.807) is 73.8 Å². The van der Waals surface area contributed by atoms with Crippen LogP contribution in [0.2, 0.25) is 0 Å². The zero-order chi connectivity index (χ0) is 28.0. The third-order valence-corrected chi connectivity index (χ3v) is 5.19. The molecule has 39 heavy (non-hydrogen) atoms. The van der Waals surface area contributed by atoms with Crippen LogP contribution >= 0.6 is 0 Å². The molecule has 0 bridgehead atoms. The van der Waals surface area contributed by atoms with E-state index < -0.39 is 11.8 Å². The van der Waals surface area contributed by atoms with E-state index in [-0.39, 0.29) is 19.1 Å². The van der Waals surface area contributed by atoms with E-state index in [1.165, 1.54) is 13.3 Å². The van der Waals surface area contributed by atoms with Crippen molar-refractivity contribution in [3.8, 4) is 23.0 Å². The van der Waals surface area contributed by atoms with Crippen LogP contribution in [0.5, 0.6) is 23.0 Å². The van der Waals surface area contributed by atoms with E-state index in [2.05, 4.69) is 21.2 Å². The van der Waals surface area contributed by atoms with Crippen molar-refractivity contribution in [3.63, 3.8) is 0 Å². The molecular formula is C28H30N4O7. The molecule has 0 saturated heterocycles. The number of anilines is 1. The topological polar surface area (TPSA) is 137 Å². The molecule has 0 aliphatic carbocycles. The Kier molecular flexibility index (Phi) is 10.7. The summed E-state index contributed by atoms with van der Waals surface area (Å²) in [7, 11) is 3.02. The number of nitrogens with one attached hydrogen (secondary N) is 3. The Labute approximate surface area is 226 Å². The molecule has 0 aromatic heterocycles. The van der Waals surface area contributed by atoms with E-state index in [1.807, 2.05) is 6.92 Å². The number of methoxy groups -OCH3 is 2. The normalized spacial score (nSPS) is 10.4. The summed E-state index contributed by atoms with van der Waals surface area (Å²) in [6.07, 6.45) is 1.35. The highest BCUT2D eigenvalue weighted by Crippen LogP contribution is 2.27. The molecule has 3 rings (SSSR count). The fourth-order valence-electron chi connectivity index (χ4n) is 3.25. The molecule has 0 atom stereocenters. The zero-order valence-electron chi connectivity index (χ0n) is 21.9. The molecule has 204 valence electrons. The molecule has 11 nitrogen and oxygen atoms in total. The molecule has 0 fully saturated rings. The highest BCUT2D eigenvalue weighted by Gasteiger charge is 2.12. The van der Waals surface area contributed by atoms with Crippen molar-refractivity contribution in [2.24, 2.45) is 5.10 Å². The second-order valence-corrected chi connectivity index (χ2v) is 7.93. The summed E-state index contributed by atoms with van der Waals surface area (Å²) in [6.45, 7) is 2.39. The minimum absolute atomic E-state index is 0.177. The standard InChI is InChI=1S/C28H30N4O7/c1-4-38-23-12-8-21(9-13-23)31-26(33)18-39-24-14-7-20(15-25(24)37-3)17-30-32-28(35)27(34)29-16-19-5-10-22(36-2)11-6-19/h5-15,17H,4,16,18H2,1-3H3,(H,29,34)(H,31,33)(H,32,35)/b30-17-.